The molecule has 168 valence electrons. The van der Waals surface area contributed by atoms with Crippen molar-refractivity contribution >= 4 is 35.0 Å². The van der Waals surface area contributed by atoms with Gasteiger partial charge in [0.2, 0.25) is 5.96 Å². The second-order valence-electron chi connectivity index (χ2n) is 6.08. The average Bonchev–Trinajstić information content (AvgIpc) is 3.15. The van der Waals surface area contributed by atoms with Gasteiger partial charge in [-0.15, -0.1) is 0 Å². The van der Waals surface area contributed by atoms with Gasteiger partial charge in [0, 0.05) is 22.3 Å². The van der Waals surface area contributed by atoms with Gasteiger partial charge in [0.25, 0.3) is 5.91 Å². The van der Waals surface area contributed by atoms with Gasteiger partial charge in [-0.05, 0) is 31.2 Å². The summed E-state index contributed by atoms with van der Waals surface area (Å²) in [6.45, 7) is 5.33. The first-order valence-electron chi connectivity index (χ1n) is 9.00. The highest BCUT2D eigenvalue weighted by Crippen LogP contribution is 2.29. The molecule has 0 aliphatic rings. The fraction of sp³-hybridized carbons (Fsp3) is 0.0952. The molecule has 0 fully saturated rings. The number of amides is 1. The van der Waals surface area contributed by atoms with Crippen LogP contribution in [0.2, 0.25) is 5.02 Å². The molecule has 0 atom stereocenters. The van der Waals surface area contributed by atoms with Crippen LogP contribution in [-0.4, -0.2) is 22.1 Å². The number of aliphatic imine (C=N–C) groups is 1. The van der Waals surface area contributed by atoms with Crippen molar-refractivity contribution < 1.29 is 22.4 Å². The number of nitrogens with zero attached hydrogens (tertiary/aromatic N) is 2. The van der Waals surface area contributed by atoms with E-state index in [0.29, 0.717) is 6.07 Å². The van der Waals surface area contributed by atoms with Crippen LogP contribution in [0.4, 0.5) is 29.1 Å². The molecule has 1 heterocycles. The van der Waals surface area contributed by atoms with E-state index < -0.39 is 23.6 Å². The molecule has 0 aliphatic heterocycles. The zero-order valence-corrected chi connectivity index (χ0v) is 17.4. The van der Waals surface area contributed by atoms with E-state index in [0.717, 1.165) is 12.1 Å². The van der Waals surface area contributed by atoms with E-state index in [2.05, 4.69) is 27.3 Å². The van der Waals surface area contributed by atoms with Gasteiger partial charge in [-0.25, -0.2) is 4.39 Å². The predicted octanol–water partition coefficient (Wildman–Crippen LogP) is 5.68. The maximum atomic E-state index is 13.7. The summed E-state index contributed by atoms with van der Waals surface area (Å²) in [5.41, 5.74) is -0.862. The summed E-state index contributed by atoms with van der Waals surface area (Å²) in [6.07, 6.45) is 4.67. The number of benzene rings is 1. The monoisotopic (exact) mass is 467 g/mol. The minimum atomic E-state index is -4.66. The largest absolute Gasteiger partial charge is 0.432 e. The van der Waals surface area contributed by atoms with Gasteiger partial charge in [0.05, 0.1) is 0 Å². The quantitative estimate of drug-likeness (QED) is 0.168. The van der Waals surface area contributed by atoms with E-state index >= 15 is 0 Å². The van der Waals surface area contributed by atoms with Gasteiger partial charge < -0.3 is 5.32 Å². The fourth-order valence-corrected chi connectivity index (χ4v) is 2.48. The fourth-order valence-electron chi connectivity index (χ4n) is 2.26. The van der Waals surface area contributed by atoms with E-state index in [1.165, 1.54) is 24.3 Å². The number of alkyl halides is 3. The highest BCUT2D eigenvalue weighted by molar-refractivity contribution is 6.31. The molecule has 0 bridgehead atoms. The highest BCUT2D eigenvalue weighted by atomic mass is 35.5. The molecule has 0 spiro atoms. The molecule has 1 aromatic heterocycles. The van der Waals surface area contributed by atoms with Crippen molar-refractivity contribution in [2.45, 2.75) is 13.1 Å². The minimum absolute atomic E-state index is 0.0545. The van der Waals surface area contributed by atoms with Crippen molar-refractivity contribution in [3.8, 4) is 0 Å². The third-order valence-corrected chi connectivity index (χ3v) is 3.81. The van der Waals surface area contributed by atoms with Crippen LogP contribution in [-0.2, 0) is 11.0 Å². The summed E-state index contributed by atoms with van der Waals surface area (Å²) in [5, 5.41) is 10.4. The molecule has 32 heavy (non-hydrogen) atoms. The minimum Gasteiger partial charge on any atom is -0.325 e. The van der Waals surface area contributed by atoms with Crippen LogP contribution >= 0.6 is 11.6 Å². The standard InChI is InChI=1S/C21H18ClF4N5O/c1-3-5-6-8-13(7-4-2)19(32)29-20(27-16-10-14(22)9-15(23)11-16)28-18-12-17(30-31-18)21(24,25)26/h3-12H,2H2,1H3,(H3,27,28,29,30,31,32)/b5-3-,8-6-,13-7+. The van der Waals surface area contributed by atoms with Crippen LogP contribution in [0.5, 0.6) is 0 Å². The third kappa shape index (κ3) is 7.55. The van der Waals surface area contributed by atoms with Crippen molar-refractivity contribution in [3.05, 3.63) is 89.4 Å². The van der Waals surface area contributed by atoms with Crippen molar-refractivity contribution in [1.29, 1.82) is 0 Å². The van der Waals surface area contributed by atoms with Crippen molar-refractivity contribution in [2.24, 2.45) is 4.99 Å². The molecular weight excluding hydrogens is 450 g/mol. The van der Waals surface area contributed by atoms with Gasteiger partial charge in [-0.3, -0.25) is 15.2 Å². The third-order valence-electron chi connectivity index (χ3n) is 3.59. The molecular formula is C21H18ClF4N5O. The number of allylic oxidation sites excluding steroid dienone is 5. The topological polar surface area (TPSA) is 82.2 Å². The second kappa shape index (κ2) is 11.1. The van der Waals surface area contributed by atoms with E-state index in [9.17, 15) is 22.4 Å². The van der Waals surface area contributed by atoms with E-state index in [4.69, 9.17) is 11.6 Å². The summed E-state index contributed by atoms with van der Waals surface area (Å²) in [6, 6.07) is 4.11. The molecule has 0 aliphatic carbocycles. The van der Waals surface area contributed by atoms with Gasteiger partial charge in [0.1, 0.15) is 11.5 Å². The van der Waals surface area contributed by atoms with E-state index in [-0.39, 0.29) is 28.1 Å². The molecule has 3 N–H and O–H groups in total. The lowest BCUT2D eigenvalue weighted by atomic mass is 10.2. The lowest BCUT2D eigenvalue weighted by molar-refractivity contribution is -0.141. The summed E-state index contributed by atoms with van der Waals surface area (Å²) in [4.78, 5) is 16.6. The Bertz CT molecular complexity index is 1080. The van der Waals surface area contributed by atoms with Crippen molar-refractivity contribution in [3.63, 3.8) is 0 Å². The molecule has 6 nitrogen and oxygen atoms in total. The number of hydrogen-bond acceptors (Lipinski definition) is 3. The number of aromatic amines is 1. The first-order chi connectivity index (χ1) is 15.1. The Balaban J connectivity index is 2.40. The number of carbonyl (C=O) groups is 1. The molecule has 1 aromatic carbocycles. The molecule has 2 rings (SSSR count). The van der Waals surface area contributed by atoms with Gasteiger partial charge in [-0.2, -0.15) is 23.3 Å². The van der Waals surface area contributed by atoms with Crippen LogP contribution in [0.25, 0.3) is 0 Å². The van der Waals surface area contributed by atoms with Crippen molar-refractivity contribution in [1.82, 2.24) is 15.5 Å². The van der Waals surface area contributed by atoms with Crippen LogP contribution < -0.4 is 10.6 Å². The van der Waals surface area contributed by atoms with Crippen LogP contribution in [0, 0.1) is 5.82 Å². The number of anilines is 1. The Morgan fingerprint density at radius 3 is 2.59 bits per heavy atom. The molecule has 2 aromatic rings. The summed E-state index contributed by atoms with van der Waals surface area (Å²) >= 11 is 5.83. The second-order valence-corrected chi connectivity index (χ2v) is 6.51. The maximum absolute atomic E-state index is 13.7. The lowest BCUT2D eigenvalue weighted by Crippen LogP contribution is -2.36. The van der Waals surface area contributed by atoms with Crippen LogP contribution in [0.15, 0.2) is 77.9 Å². The van der Waals surface area contributed by atoms with Crippen LogP contribution in [0.1, 0.15) is 12.6 Å². The van der Waals surface area contributed by atoms with E-state index in [1.54, 1.807) is 25.2 Å². The van der Waals surface area contributed by atoms with Crippen LogP contribution in [0.3, 0.4) is 0 Å². The first kappa shape index (κ1) is 24.6. The smallest absolute Gasteiger partial charge is 0.325 e. The molecule has 1 amide bonds. The Kier molecular flexibility index (Phi) is 8.54. The van der Waals surface area contributed by atoms with Gasteiger partial charge in [-0.1, -0.05) is 48.6 Å². The van der Waals surface area contributed by atoms with Gasteiger partial charge in [0.15, 0.2) is 5.82 Å². The Hall–Kier alpha value is -3.66. The number of aromatic nitrogens is 2. The Morgan fingerprint density at radius 1 is 1.25 bits per heavy atom. The van der Waals surface area contributed by atoms with E-state index in [1.807, 2.05) is 5.10 Å². The number of guanidine groups is 1. The first-order valence-corrected chi connectivity index (χ1v) is 9.38. The summed E-state index contributed by atoms with van der Waals surface area (Å²) < 4.78 is 52.2. The zero-order chi connectivity index (χ0) is 23.7. The number of halogens is 5. The van der Waals surface area contributed by atoms with Gasteiger partial charge >= 0.3 is 6.18 Å². The SMILES string of the molecule is C=C\C=C(/C=C\C=C/C)C(=O)NC(=Nc1cc(C(F)(F)F)[nH]n1)Nc1cc(F)cc(Cl)c1. The number of H-pyrrole nitrogens is 1. The highest BCUT2D eigenvalue weighted by Gasteiger charge is 2.33. The molecule has 0 saturated heterocycles. The summed E-state index contributed by atoms with van der Waals surface area (Å²) in [7, 11) is 0. The zero-order valence-electron chi connectivity index (χ0n) is 16.7. The maximum Gasteiger partial charge on any atom is 0.432 e. The average molecular weight is 468 g/mol. The summed E-state index contributed by atoms with van der Waals surface area (Å²) in [5.74, 6) is -2.02. The molecule has 11 heteroatoms. The lowest BCUT2D eigenvalue weighted by Gasteiger charge is -2.12. The normalized spacial score (nSPS) is 13.1. The van der Waals surface area contributed by atoms with Crippen molar-refractivity contribution in [2.75, 3.05) is 5.32 Å². The Labute approximate surface area is 186 Å². The molecule has 0 saturated carbocycles. The number of hydrogen-bond donors (Lipinski definition) is 3. The number of carbonyl (C=O) groups excluding carboxylic acids is 1. The Morgan fingerprint density at radius 2 is 2.00 bits per heavy atom. The number of rotatable bonds is 6. The predicted molar refractivity (Wildman–Crippen MR) is 116 cm³/mol. The molecule has 0 radical (unpaired) electrons. The molecule has 0 unspecified atom stereocenters. The number of nitrogens with one attached hydrogen (secondary N) is 3.